The Balaban J connectivity index is 1.95. The fraction of sp³-hybridized carbons (Fsp3) is 0.462. The fourth-order valence-corrected chi connectivity index (χ4v) is 2.74. The first kappa shape index (κ1) is 13.1. The van der Waals surface area contributed by atoms with Gasteiger partial charge in [0.05, 0.1) is 13.2 Å². The number of nitrogens with one attached hydrogen (secondary N) is 1. The first-order valence-electron chi connectivity index (χ1n) is 6.00. The number of aryl methyl sites for hydroxylation is 2. The van der Waals surface area contributed by atoms with Gasteiger partial charge in [-0.1, -0.05) is 0 Å². The molecule has 0 atom stereocenters. The predicted octanol–water partition coefficient (Wildman–Crippen LogP) is 2.82. The van der Waals surface area contributed by atoms with Crippen LogP contribution in [0.4, 0.5) is 5.95 Å². The molecular weight excluding hydrogens is 246 g/mol. The minimum atomic E-state index is 0.697. The minimum Gasteiger partial charge on any atom is -0.383 e. The molecular formula is C13H19N3OS. The van der Waals surface area contributed by atoms with E-state index in [-0.39, 0.29) is 0 Å². The van der Waals surface area contributed by atoms with Gasteiger partial charge in [0.1, 0.15) is 0 Å². The predicted molar refractivity (Wildman–Crippen MR) is 75.2 cm³/mol. The molecule has 0 unspecified atom stereocenters. The van der Waals surface area contributed by atoms with Crippen LogP contribution in [0.25, 0.3) is 0 Å². The molecule has 0 saturated heterocycles. The second-order valence-corrected chi connectivity index (χ2v) is 5.58. The highest BCUT2D eigenvalue weighted by Crippen LogP contribution is 2.21. The largest absolute Gasteiger partial charge is 0.383 e. The standard InChI is InChI=1S/C13H19N3OS/c1-10-8-12(18-11(10)2)9-15-13-14-4-5-16(13)6-7-17-3/h4-5,8H,6-7,9H2,1-3H3,(H,14,15). The van der Waals surface area contributed by atoms with Crippen molar-refractivity contribution in [2.75, 3.05) is 19.0 Å². The summed E-state index contributed by atoms with van der Waals surface area (Å²) >= 11 is 1.84. The molecule has 2 aromatic rings. The van der Waals surface area contributed by atoms with Crippen molar-refractivity contribution in [1.29, 1.82) is 0 Å². The van der Waals surface area contributed by atoms with Gasteiger partial charge in [0.25, 0.3) is 0 Å². The smallest absolute Gasteiger partial charge is 0.203 e. The SMILES string of the molecule is COCCn1ccnc1NCc1cc(C)c(C)s1. The summed E-state index contributed by atoms with van der Waals surface area (Å²) in [6, 6.07) is 2.23. The van der Waals surface area contributed by atoms with E-state index in [1.165, 1.54) is 15.3 Å². The number of hydrogen-bond acceptors (Lipinski definition) is 4. The molecule has 2 aromatic heterocycles. The van der Waals surface area contributed by atoms with E-state index < -0.39 is 0 Å². The van der Waals surface area contributed by atoms with Crippen LogP contribution in [0.5, 0.6) is 0 Å². The van der Waals surface area contributed by atoms with Crippen LogP contribution in [-0.4, -0.2) is 23.3 Å². The topological polar surface area (TPSA) is 39.1 Å². The fourth-order valence-electron chi connectivity index (χ4n) is 1.75. The third kappa shape index (κ3) is 3.11. The Bertz CT molecular complexity index is 485. The van der Waals surface area contributed by atoms with E-state index in [1.807, 2.05) is 23.7 Å². The van der Waals surface area contributed by atoms with E-state index in [9.17, 15) is 0 Å². The van der Waals surface area contributed by atoms with Crippen molar-refractivity contribution in [2.24, 2.45) is 0 Å². The molecule has 0 aliphatic carbocycles. The van der Waals surface area contributed by atoms with Crippen molar-refractivity contribution in [3.05, 3.63) is 33.8 Å². The second-order valence-electron chi connectivity index (χ2n) is 4.24. The maximum Gasteiger partial charge on any atom is 0.203 e. The number of nitrogens with zero attached hydrogens (tertiary/aromatic N) is 2. The number of hydrogen-bond donors (Lipinski definition) is 1. The molecule has 0 amide bonds. The number of aromatic nitrogens is 2. The molecule has 5 heteroatoms. The monoisotopic (exact) mass is 265 g/mol. The molecule has 0 fully saturated rings. The van der Waals surface area contributed by atoms with Gasteiger partial charge in [-0.25, -0.2) is 4.98 Å². The van der Waals surface area contributed by atoms with E-state index in [2.05, 4.69) is 34.8 Å². The van der Waals surface area contributed by atoms with E-state index >= 15 is 0 Å². The highest BCUT2D eigenvalue weighted by atomic mass is 32.1. The van der Waals surface area contributed by atoms with Crippen LogP contribution < -0.4 is 5.32 Å². The van der Waals surface area contributed by atoms with Crippen LogP contribution in [0.1, 0.15) is 15.3 Å². The van der Waals surface area contributed by atoms with Crippen molar-refractivity contribution in [3.8, 4) is 0 Å². The van der Waals surface area contributed by atoms with Gasteiger partial charge >= 0.3 is 0 Å². The van der Waals surface area contributed by atoms with Crippen molar-refractivity contribution in [1.82, 2.24) is 9.55 Å². The summed E-state index contributed by atoms with van der Waals surface area (Å²) in [5.41, 5.74) is 1.36. The molecule has 0 aliphatic rings. The molecule has 2 rings (SSSR count). The minimum absolute atomic E-state index is 0.697. The molecule has 98 valence electrons. The first-order valence-corrected chi connectivity index (χ1v) is 6.82. The Labute approximate surface area is 112 Å². The van der Waals surface area contributed by atoms with Gasteiger partial charge in [0.15, 0.2) is 0 Å². The van der Waals surface area contributed by atoms with Gasteiger partial charge in [-0.2, -0.15) is 0 Å². The molecule has 0 saturated carbocycles. The number of thiophene rings is 1. The zero-order valence-electron chi connectivity index (χ0n) is 11.1. The van der Waals surface area contributed by atoms with Crippen LogP contribution in [0, 0.1) is 13.8 Å². The van der Waals surface area contributed by atoms with Gasteiger partial charge in [-0.3, -0.25) is 0 Å². The summed E-state index contributed by atoms with van der Waals surface area (Å²) in [5, 5.41) is 3.37. The van der Waals surface area contributed by atoms with Crippen LogP contribution in [0.2, 0.25) is 0 Å². The Morgan fingerprint density at radius 3 is 2.94 bits per heavy atom. The van der Waals surface area contributed by atoms with Crippen molar-refractivity contribution >= 4 is 17.3 Å². The van der Waals surface area contributed by atoms with E-state index in [1.54, 1.807) is 7.11 Å². The summed E-state index contributed by atoms with van der Waals surface area (Å²) in [4.78, 5) is 7.04. The van der Waals surface area contributed by atoms with Crippen molar-refractivity contribution in [3.63, 3.8) is 0 Å². The number of methoxy groups -OCH3 is 1. The third-order valence-electron chi connectivity index (χ3n) is 2.89. The summed E-state index contributed by atoms with van der Waals surface area (Å²) in [7, 11) is 1.71. The lowest BCUT2D eigenvalue weighted by atomic mass is 10.3. The van der Waals surface area contributed by atoms with Crippen LogP contribution in [0.15, 0.2) is 18.5 Å². The molecule has 0 aromatic carbocycles. The number of anilines is 1. The molecule has 0 bridgehead atoms. The maximum absolute atomic E-state index is 5.08. The molecule has 2 heterocycles. The Morgan fingerprint density at radius 2 is 2.28 bits per heavy atom. The van der Waals surface area contributed by atoms with E-state index in [0.717, 1.165) is 19.0 Å². The molecule has 0 spiro atoms. The highest BCUT2D eigenvalue weighted by Gasteiger charge is 2.04. The lowest BCUT2D eigenvalue weighted by Gasteiger charge is -2.08. The van der Waals surface area contributed by atoms with Gasteiger partial charge in [0.2, 0.25) is 5.95 Å². The van der Waals surface area contributed by atoms with Crippen LogP contribution in [-0.2, 0) is 17.8 Å². The summed E-state index contributed by atoms with van der Waals surface area (Å²) < 4.78 is 7.14. The third-order valence-corrected chi connectivity index (χ3v) is 4.04. The summed E-state index contributed by atoms with van der Waals surface area (Å²) in [5.74, 6) is 0.899. The average molecular weight is 265 g/mol. The molecule has 1 N–H and O–H groups in total. The zero-order valence-corrected chi connectivity index (χ0v) is 11.9. The summed E-state index contributed by atoms with van der Waals surface area (Å²) in [6.07, 6.45) is 3.77. The van der Waals surface area contributed by atoms with Crippen LogP contribution in [0.3, 0.4) is 0 Å². The van der Waals surface area contributed by atoms with Crippen molar-refractivity contribution in [2.45, 2.75) is 26.9 Å². The first-order chi connectivity index (χ1) is 8.70. The van der Waals surface area contributed by atoms with Crippen molar-refractivity contribution < 1.29 is 4.74 Å². The highest BCUT2D eigenvalue weighted by molar-refractivity contribution is 7.12. The second kappa shape index (κ2) is 6.02. The molecule has 4 nitrogen and oxygen atoms in total. The Kier molecular flexibility index (Phi) is 4.38. The molecule has 18 heavy (non-hydrogen) atoms. The quantitative estimate of drug-likeness (QED) is 0.873. The lowest BCUT2D eigenvalue weighted by molar-refractivity contribution is 0.187. The van der Waals surface area contributed by atoms with E-state index in [4.69, 9.17) is 4.74 Å². The van der Waals surface area contributed by atoms with Gasteiger partial charge in [-0.05, 0) is 25.5 Å². The molecule has 0 radical (unpaired) electrons. The average Bonchev–Trinajstić information content (AvgIpc) is 2.92. The zero-order chi connectivity index (χ0) is 13.0. The lowest BCUT2D eigenvalue weighted by Crippen LogP contribution is -2.09. The number of rotatable bonds is 6. The van der Waals surface area contributed by atoms with Gasteiger partial charge in [0, 0.05) is 35.8 Å². The van der Waals surface area contributed by atoms with Crippen LogP contribution >= 0.6 is 11.3 Å². The van der Waals surface area contributed by atoms with Gasteiger partial charge < -0.3 is 14.6 Å². The number of ether oxygens (including phenoxy) is 1. The Hall–Kier alpha value is -1.33. The Morgan fingerprint density at radius 1 is 1.44 bits per heavy atom. The normalized spacial score (nSPS) is 10.8. The number of imidazole rings is 1. The van der Waals surface area contributed by atoms with Gasteiger partial charge in [-0.15, -0.1) is 11.3 Å². The molecule has 0 aliphatic heterocycles. The van der Waals surface area contributed by atoms with E-state index in [0.29, 0.717) is 6.61 Å². The summed E-state index contributed by atoms with van der Waals surface area (Å²) in [6.45, 7) is 6.64. The maximum atomic E-state index is 5.08.